The van der Waals surface area contributed by atoms with Crippen molar-refractivity contribution in [2.45, 2.75) is 6.92 Å². The van der Waals surface area contributed by atoms with Gasteiger partial charge in [0.15, 0.2) is 0 Å². The Labute approximate surface area is 115 Å². The van der Waals surface area contributed by atoms with E-state index in [1.807, 2.05) is 43.3 Å². The summed E-state index contributed by atoms with van der Waals surface area (Å²) < 4.78 is 1.04. The minimum absolute atomic E-state index is 0.0694. The van der Waals surface area contributed by atoms with Crippen LogP contribution in [0.15, 0.2) is 24.3 Å². The number of aryl methyl sites for hydroxylation is 1. The van der Waals surface area contributed by atoms with Gasteiger partial charge in [-0.15, -0.1) is 11.3 Å². The first kappa shape index (κ1) is 13.1. The van der Waals surface area contributed by atoms with Crippen LogP contribution < -0.4 is 0 Å². The minimum Gasteiger partial charge on any atom is -0.311 e. The van der Waals surface area contributed by atoms with Gasteiger partial charge < -0.3 is 4.90 Å². The van der Waals surface area contributed by atoms with E-state index in [4.69, 9.17) is 10.5 Å². The lowest BCUT2D eigenvalue weighted by atomic mass is 10.1. The summed E-state index contributed by atoms with van der Waals surface area (Å²) >= 11 is 1.40. The first-order chi connectivity index (χ1) is 9.19. The first-order valence-electron chi connectivity index (χ1n) is 5.70. The molecule has 0 aliphatic carbocycles. The highest BCUT2D eigenvalue weighted by Crippen LogP contribution is 2.31. The molecule has 5 heteroatoms. The van der Waals surface area contributed by atoms with Crippen molar-refractivity contribution in [1.29, 1.82) is 10.5 Å². The molecule has 0 aliphatic rings. The molecule has 2 aromatic rings. The zero-order valence-electron chi connectivity index (χ0n) is 10.4. The summed E-state index contributed by atoms with van der Waals surface area (Å²) in [5, 5.41) is 18.5. The quantitative estimate of drug-likeness (QED) is 0.804. The van der Waals surface area contributed by atoms with Crippen molar-refractivity contribution < 1.29 is 4.79 Å². The monoisotopic (exact) mass is 269 g/mol. The Hall–Kier alpha value is -2.37. The van der Waals surface area contributed by atoms with Gasteiger partial charge in [-0.1, -0.05) is 18.2 Å². The Balaban J connectivity index is 2.44. The topological polar surface area (TPSA) is 67.9 Å². The zero-order chi connectivity index (χ0) is 13.8. The molecule has 4 nitrogen and oxygen atoms in total. The summed E-state index contributed by atoms with van der Waals surface area (Å²) in [6.45, 7) is 1.75. The van der Waals surface area contributed by atoms with Gasteiger partial charge in [-0.2, -0.15) is 10.5 Å². The molecule has 0 N–H and O–H groups in total. The van der Waals surface area contributed by atoms with Crippen molar-refractivity contribution in [2.75, 3.05) is 13.1 Å². The average Bonchev–Trinajstić information content (AvgIpc) is 2.76. The summed E-state index contributed by atoms with van der Waals surface area (Å²) in [5.74, 6) is -0.248. The molecule has 1 heterocycles. The third-order valence-corrected chi connectivity index (χ3v) is 4.11. The number of carbonyl (C=O) groups excluding carboxylic acids is 1. The molecule has 0 radical (unpaired) electrons. The lowest BCUT2D eigenvalue weighted by Crippen LogP contribution is -2.31. The molecule has 0 atom stereocenters. The fourth-order valence-electron chi connectivity index (χ4n) is 1.89. The molecule has 1 amide bonds. The zero-order valence-corrected chi connectivity index (χ0v) is 11.2. The lowest BCUT2D eigenvalue weighted by molar-refractivity contribution is 0.0799. The van der Waals surface area contributed by atoms with Gasteiger partial charge in [-0.25, -0.2) is 0 Å². The number of amides is 1. The van der Waals surface area contributed by atoms with Crippen molar-refractivity contribution >= 4 is 27.3 Å². The van der Waals surface area contributed by atoms with E-state index in [0.717, 1.165) is 15.6 Å². The Morgan fingerprint density at radius 1 is 1.26 bits per heavy atom. The molecule has 0 saturated heterocycles. The number of carbonyl (C=O) groups is 1. The number of thiophene rings is 1. The van der Waals surface area contributed by atoms with Crippen LogP contribution in [0.5, 0.6) is 0 Å². The molecule has 0 fully saturated rings. The normalized spacial score (nSPS) is 9.84. The lowest BCUT2D eigenvalue weighted by Gasteiger charge is -2.14. The smallest absolute Gasteiger partial charge is 0.265 e. The van der Waals surface area contributed by atoms with E-state index in [0.29, 0.717) is 4.88 Å². The van der Waals surface area contributed by atoms with Crippen molar-refractivity contribution in [2.24, 2.45) is 0 Å². The maximum atomic E-state index is 12.3. The number of nitrogens with zero attached hydrogens (tertiary/aromatic N) is 3. The summed E-state index contributed by atoms with van der Waals surface area (Å²) in [7, 11) is 0. The van der Waals surface area contributed by atoms with Crippen LogP contribution in [0.25, 0.3) is 10.1 Å². The predicted octanol–water partition coefficient (Wildman–Crippen LogP) is 2.70. The van der Waals surface area contributed by atoms with E-state index >= 15 is 0 Å². The average molecular weight is 269 g/mol. The van der Waals surface area contributed by atoms with Crippen LogP contribution in [-0.2, 0) is 0 Å². The second kappa shape index (κ2) is 5.51. The molecule has 94 valence electrons. The maximum absolute atomic E-state index is 12.3. The van der Waals surface area contributed by atoms with E-state index in [-0.39, 0.29) is 19.0 Å². The Morgan fingerprint density at radius 2 is 1.89 bits per heavy atom. The molecule has 19 heavy (non-hydrogen) atoms. The summed E-state index contributed by atoms with van der Waals surface area (Å²) in [6, 6.07) is 11.6. The van der Waals surface area contributed by atoms with E-state index in [1.54, 1.807) is 0 Å². The molecule has 0 spiro atoms. The van der Waals surface area contributed by atoms with Crippen molar-refractivity contribution in [3.8, 4) is 12.1 Å². The van der Waals surface area contributed by atoms with Gasteiger partial charge in [0.2, 0.25) is 0 Å². The van der Waals surface area contributed by atoms with Gasteiger partial charge in [0.25, 0.3) is 5.91 Å². The van der Waals surface area contributed by atoms with Gasteiger partial charge in [0.05, 0.1) is 17.0 Å². The van der Waals surface area contributed by atoms with Crippen LogP contribution >= 0.6 is 11.3 Å². The number of hydrogen-bond acceptors (Lipinski definition) is 4. The molecule has 0 aliphatic heterocycles. The summed E-state index contributed by atoms with van der Waals surface area (Å²) in [5.41, 5.74) is 0.909. The standard InChI is InChI=1S/C14H11N3OS/c1-10-11-4-2-3-5-12(11)19-13(10)14(18)17(8-6-15)9-7-16/h2-5H,8-9H2,1H3. The highest BCUT2D eigenvalue weighted by molar-refractivity contribution is 7.21. The fourth-order valence-corrected chi connectivity index (χ4v) is 3.07. The molecule has 1 aromatic carbocycles. The van der Waals surface area contributed by atoms with E-state index in [1.165, 1.54) is 16.2 Å². The van der Waals surface area contributed by atoms with Crippen molar-refractivity contribution in [1.82, 2.24) is 4.90 Å². The number of fused-ring (bicyclic) bond motifs is 1. The molecular weight excluding hydrogens is 258 g/mol. The molecular formula is C14H11N3OS. The first-order valence-corrected chi connectivity index (χ1v) is 6.52. The number of nitriles is 2. The van der Waals surface area contributed by atoms with Crippen LogP contribution in [0.1, 0.15) is 15.2 Å². The van der Waals surface area contributed by atoms with Crippen LogP contribution in [0, 0.1) is 29.6 Å². The van der Waals surface area contributed by atoms with E-state index in [9.17, 15) is 4.79 Å². The van der Waals surface area contributed by atoms with Gasteiger partial charge >= 0.3 is 0 Å². The SMILES string of the molecule is Cc1c(C(=O)N(CC#N)CC#N)sc2ccccc12. The van der Waals surface area contributed by atoms with E-state index in [2.05, 4.69) is 0 Å². The van der Waals surface area contributed by atoms with Crippen LogP contribution in [0.3, 0.4) is 0 Å². The summed E-state index contributed by atoms with van der Waals surface area (Å²) in [6.07, 6.45) is 0. The van der Waals surface area contributed by atoms with Gasteiger partial charge in [-0.3, -0.25) is 4.79 Å². The van der Waals surface area contributed by atoms with Gasteiger partial charge in [-0.05, 0) is 23.9 Å². The van der Waals surface area contributed by atoms with Crippen molar-refractivity contribution in [3.63, 3.8) is 0 Å². The highest BCUT2D eigenvalue weighted by atomic mass is 32.1. The number of rotatable bonds is 3. The molecule has 0 unspecified atom stereocenters. The Kier molecular flexibility index (Phi) is 3.79. The van der Waals surface area contributed by atoms with Crippen LogP contribution in [-0.4, -0.2) is 23.9 Å². The highest BCUT2D eigenvalue weighted by Gasteiger charge is 2.20. The van der Waals surface area contributed by atoms with Crippen molar-refractivity contribution in [3.05, 3.63) is 34.7 Å². The third-order valence-electron chi connectivity index (χ3n) is 2.85. The Bertz CT molecular complexity index is 690. The fraction of sp³-hybridized carbons (Fsp3) is 0.214. The summed E-state index contributed by atoms with van der Waals surface area (Å²) in [4.78, 5) is 14.2. The Morgan fingerprint density at radius 3 is 2.47 bits per heavy atom. The predicted molar refractivity (Wildman–Crippen MR) is 73.7 cm³/mol. The maximum Gasteiger partial charge on any atom is 0.265 e. The second-order valence-electron chi connectivity index (χ2n) is 4.03. The molecule has 1 aromatic heterocycles. The van der Waals surface area contributed by atoms with Gasteiger partial charge in [0.1, 0.15) is 13.1 Å². The number of hydrogen-bond donors (Lipinski definition) is 0. The third kappa shape index (κ3) is 2.42. The largest absolute Gasteiger partial charge is 0.311 e. The second-order valence-corrected chi connectivity index (χ2v) is 5.08. The van der Waals surface area contributed by atoms with Gasteiger partial charge in [0, 0.05) is 4.70 Å². The van der Waals surface area contributed by atoms with Crippen LogP contribution in [0.4, 0.5) is 0 Å². The minimum atomic E-state index is -0.248. The molecule has 0 saturated carbocycles. The van der Waals surface area contributed by atoms with Crippen LogP contribution in [0.2, 0.25) is 0 Å². The molecule has 2 rings (SSSR count). The van der Waals surface area contributed by atoms with E-state index < -0.39 is 0 Å². The molecule has 0 bridgehead atoms. The number of benzene rings is 1.